The van der Waals surface area contributed by atoms with Gasteiger partial charge in [0.25, 0.3) is 5.91 Å². The van der Waals surface area contributed by atoms with Crippen molar-refractivity contribution >= 4 is 17.5 Å². The van der Waals surface area contributed by atoms with E-state index in [2.05, 4.69) is 27.5 Å². The zero-order valence-electron chi connectivity index (χ0n) is 20.9. The van der Waals surface area contributed by atoms with Gasteiger partial charge in [-0.25, -0.2) is 9.67 Å². The minimum atomic E-state index is -0.122. The van der Waals surface area contributed by atoms with Gasteiger partial charge in [0.2, 0.25) is 0 Å². The number of carbonyl (C=O) groups is 2. The number of carbonyl (C=O) groups excluding carboxylic acids is 2. The Morgan fingerprint density at radius 3 is 2.61 bits per heavy atom. The molecule has 1 aromatic carbocycles. The third-order valence-electron chi connectivity index (χ3n) is 7.10. The highest BCUT2D eigenvalue weighted by Crippen LogP contribution is 2.29. The Balaban J connectivity index is 1.27. The van der Waals surface area contributed by atoms with Crippen LogP contribution in [0.5, 0.6) is 0 Å². The molecule has 3 aromatic heterocycles. The summed E-state index contributed by atoms with van der Waals surface area (Å²) < 4.78 is 8.79. The first kappa shape index (κ1) is 23.8. The van der Waals surface area contributed by atoms with Crippen LogP contribution in [0.4, 0.5) is 0 Å². The van der Waals surface area contributed by atoms with E-state index in [9.17, 15) is 9.59 Å². The molecule has 5 rings (SSSR count). The van der Waals surface area contributed by atoms with Gasteiger partial charge in [-0.15, -0.1) is 0 Å². The molecule has 186 valence electrons. The molecule has 0 bridgehead atoms. The largest absolute Gasteiger partial charge is 0.469 e. The average Bonchev–Trinajstić information content (AvgIpc) is 3.48. The Labute approximate surface area is 210 Å². The molecule has 0 spiro atoms. The van der Waals surface area contributed by atoms with Gasteiger partial charge >= 0.3 is 5.97 Å². The number of hydrogen-bond acceptors (Lipinski definition) is 5. The van der Waals surface area contributed by atoms with Gasteiger partial charge in [-0.3, -0.25) is 14.0 Å². The normalized spacial score (nSPS) is 17.8. The number of pyridine rings is 1. The summed E-state index contributed by atoms with van der Waals surface area (Å²) in [5.74, 6) is 0.144. The van der Waals surface area contributed by atoms with Crippen molar-refractivity contribution in [3.05, 3.63) is 71.8 Å². The monoisotopic (exact) mass is 485 g/mol. The van der Waals surface area contributed by atoms with Crippen LogP contribution in [0.25, 0.3) is 22.6 Å². The number of hydrogen-bond donors (Lipinski definition) is 1. The molecule has 0 atom stereocenters. The van der Waals surface area contributed by atoms with E-state index in [0.717, 1.165) is 54.0 Å². The fourth-order valence-electron chi connectivity index (χ4n) is 5.13. The Hall–Kier alpha value is -3.94. The number of amides is 1. The third-order valence-corrected chi connectivity index (χ3v) is 7.10. The maximum atomic E-state index is 12.8. The van der Waals surface area contributed by atoms with E-state index in [0.29, 0.717) is 23.7 Å². The van der Waals surface area contributed by atoms with Crippen LogP contribution in [-0.2, 0) is 9.53 Å². The molecule has 1 amide bonds. The number of aromatic nitrogens is 4. The molecule has 8 nitrogen and oxygen atoms in total. The highest BCUT2D eigenvalue weighted by atomic mass is 16.5. The van der Waals surface area contributed by atoms with Crippen molar-refractivity contribution in [3.8, 4) is 16.9 Å². The number of esters is 1. The molecule has 8 heteroatoms. The highest BCUT2D eigenvalue weighted by molar-refractivity contribution is 5.95. The molecule has 3 heterocycles. The summed E-state index contributed by atoms with van der Waals surface area (Å²) >= 11 is 0. The predicted octanol–water partition coefficient (Wildman–Crippen LogP) is 4.51. The number of fused-ring (bicyclic) bond motifs is 1. The van der Waals surface area contributed by atoms with Gasteiger partial charge in [0.05, 0.1) is 36.3 Å². The summed E-state index contributed by atoms with van der Waals surface area (Å²) in [5.41, 5.74) is 6.31. The Morgan fingerprint density at radius 1 is 1.08 bits per heavy atom. The van der Waals surface area contributed by atoms with Gasteiger partial charge in [0.1, 0.15) is 5.65 Å². The second kappa shape index (κ2) is 9.97. The zero-order valence-corrected chi connectivity index (χ0v) is 20.9. The maximum Gasteiger partial charge on any atom is 0.308 e. The molecule has 0 saturated heterocycles. The summed E-state index contributed by atoms with van der Waals surface area (Å²) in [5, 5.41) is 7.65. The van der Waals surface area contributed by atoms with Crippen LogP contribution in [0.3, 0.4) is 0 Å². The van der Waals surface area contributed by atoms with Crippen LogP contribution in [0.2, 0.25) is 0 Å². The van der Waals surface area contributed by atoms with Gasteiger partial charge in [0.15, 0.2) is 0 Å². The maximum absolute atomic E-state index is 12.8. The number of methoxy groups -OCH3 is 1. The molecule has 0 aliphatic heterocycles. The first-order chi connectivity index (χ1) is 17.4. The first-order valence-electron chi connectivity index (χ1n) is 12.4. The molecule has 1 aliphatic carbocycles. The fourth-order valence-corrected chi connectivity index (χ4v) is 5.13. The second-order valence-electron chi connectivity index (χ2n) is 9.63. The van der Waals surface area contributed by atoms with E-state index in [-0.39, 0.29) is 17.8 Å². The summed E-state index contributed by atoms with van der Waals surface area (Å²) in [6, 6.07) is 13.9. The lowest BCUT2D eigenvalue weighted by molar-refractivity contribution is -0.146. The third kappa shape index (κ3) is 4.76. The van der Waals surface area contributed by atoms with Crippen molar-refractivity contribution in [1.29, 1.82) is 0 Å². The van der Waals surface area contributed by atoms with Crippen molar-refractivity contribution in [1.82, 2.24) is 24.5 Å². The van der Waals surface area contributed by atoms with Gasteiger partial charge in [-0.2, -0.15) is 5.10 Å². The molecular weight excluding hydrogens is 454 g/mol. The van der Waals surface area contributed by atoms with Crippen molar-refractivity contribution < 1.29 is 14.3 Å². The zero-order chi connectivity index (χ0) is 25.2. The number of aryl methyl sites for hydroxylation is 2. The molecule has 36 heavy (non-hydrogen) atoms. The van der Waals surface area contributed by atoms with E-state index >= 15 is 0 Å². The summed E-state index contributed by atoms with van der Waals surface area (Å²) in [7, 11) is 1.44. The Kier molecular flexibility index (Phi) is 6.59. The van der Waals surface area contributed by atoms with Crippen molar-refractivity contribution in [2.75, 3.05) is 13.7 Å². The first-order valence-corrected chi connectivity index (χ1v) is 12.4. The van der Waals surface area contributed by atoms with Gasteiger partial charge in [0, 0.05) is 29.6 Å². The highest BCUT2D eigenvalue weighted by Gasteiger charge is 2.27. The number of nitrogens with zero attached hydrogens (tertiary/aromatic N) is 4. The van der Waals surface area contributed by atoms with E-state index in [4.69, 9.17) is 4.74 Å². The lowest BCUT2D eigenvalue weighted by Gasteiger charge is -2.26. The van der Waals surface area contributed by atoms with Gasteiger partial charge in [-0.05, 0) is 75.8 Å². The lowest BCUT2D eigenvalue weighted by Crippen LogP contribution is -2.32. The minimum absolute atomic E-state index is 0.00706. The molecule has 4 aromatic rings. The Bertz CT molecular complexity index is 1410. The van der Waals surface area contributed by atoms with E-state index in [1.807, 2.05) is 65.7 Å². The van der Waals surface area contributed by atoms with Crippen LogP contribution < -0.4 is 5.32 Å². The van der Waals surface area contributed by atoms with Crippen LogP contribution in [0.1, 0.15) is 47.4 Å². The quantitative estimate of drug-likeness (QED) is 0.406. The number of ether oxygens (including phenoxy) is 1. The van der Waals surface area contributed by atoms with Crippen LogP contribution in [-0.4, -0.2) is 44.7 Å². The van der Waals surface area contributed by atoms with Crippen LogP contribution >= 0.6 is 0 Å². The van der Waals surface area contributed by atoms with Crippen molar-refractivity contribution in [3.63, 3.8) is 0 Å². The number of nitrogens with one attached hydrogen (secondary N) is 1. The summed E-state index contributed by atoms with van der Waals surface area (Å²) in [6.07, 6.45) is 7.19. The molecule has 1 fully saturated rings. The van der Waals surface area contributed by atoms with E-state index < -0.39 is 0 Å². The predicted molar refractivity (Wildman–Crippen MR) is 137 cm³/mol. The fraction of sp³-hybridized carbons (Fsp3) is 0.357. The number of rotatable bonds is 6. The summed E-state index contributed by atoms with van der Waals surface area (Å²) in [4.78, 5) is 29.1. The number of imidazole rings is 1. The standard InChI is InChI=1S/C28H31N5O3/c1-18-13-19(2)33(31-18)24-6-4-5-22(14-24)25-17-29-26-15-23(11-12-32(25)26)27(34)30-16-20-7-9-21(10-8-20)28(35)36-3/h4-6,11-15,17,20-21H,7-10,16H2,1-3H3,(H,30,34). The topological polar surface area (TPSA) is 90.5 Å². The lowest BCUT2D eigenvalue weighted by atomic mass is 9.82. The smallest absolute Gasteiger partial charge is 0.308 e. The van der Waals surface area contributed by atoms with E-state index in [1.54, 1.807) is 0 Å². The van der Waals surface area contributed by atoms with Crippen molar-refractivity contribution in [2.45, 2.75) is 39.5 Å². The summed E-state index contributed by atoms with van der Waals surface area (Å²) in [6.45, 7) is 4.64. The average molecular weight is 486 g/mol. The molecule has 1 saturated carbocycles. The van der Waals surface area contributed by atoms with Crippen molar-refractivity contribution in [2.24, 2.45) is 11.8 Å². The number of benzene rings is 1. The minimum Gasteiger partial charge on any atom is -0.469 e. The van der Waals surface area contributed by atoms with Crippen LogP contribution in [0, 0.1) is 25.7 Å². The molecule has 1 aliphatic rings. The van der Waals surface area contributed by atoms with E-state index in [1.165, 1.54) is 7.11 Å². The van der Waals surface area contributed by atoms with Gasteiger partial charge < -0.3 is 10.1 Å². The molecular formula is C28H31N5O3. The SMILES string of the molecule is COC(=O)C1CCC(CNC(=O)c2ccn3c(-c4cccc(-n5nc(C)cc5C)c4)cnc3c2)CC1. The molecule has 0 unspecified atom stereocenters. The van der Waals surface area contributed by atoms with Gasteiger partial charge in [-0.1, -0.05) is 12.1 Å². The molecule has 1 N–H and O–H groups in total. The molecule has 0 radical (unpaired) electrons. The second-order valence-corrected chi connectivity index (χ2v) is 9.63. The Morgan fingerprint density at radius 2 is 1.89 bits per heavy atom. The van der Waals surface area contributed by atoms with Crippen LogP contribution in [0.15, 0.2) is 54.9 Å².